The molecule has 1 heterocycles. The molecule has 1 aliphatic heterocycles. The van der Waals surface area contributed by atoms with Crippen molar-refractivity contribution in [1.82, 2.24) is 4.72 Å². The third-order valence-electron chi connectivity index (χ3n) is 2.53. The summed E-state index contributed by atoms with van der Waals surface area (Å²) in [5.74, 6) is -0.449. The normalized spacial score (nSPS) is 15.8. The van der Waals surface area contributed by atoms with Gasteiger partial charge in [0.1, 0.15) is 19.3 Å². The van der Waals surface area contributed by atoms with Crippen molar-refractivity contribution < 1.29 is 27.8 Å². The van der Waals surface area contributed by atoms with Crippen molar-refractivity contribution in [1.29, 1.82) is 0 Å². The number of hydrogen-bond acceptors (Lipinski definition) is 5. The van der Waals surface area contributed by atoms with Gasteiger partial charge in [0.05, 0.1) is 4.90 Å². The fourth-order valence-corrected chi connectivity index (χ4v) is 2.75. The summed E-state index contributed by atoms with van der Waals surface area (Å²) < 4.78 is 36.5. The molecular weight excluding hydrogens is 274 g/mol. The van der Waals surface area contributed by atoms with Crippen molar-refractivity contribution in [3.63, 3.8) is 0 Å². The molecule has 7 nitrogen and oxygen atoms in total. The quantitative estimate of drug-likeness (QED) is 0.820. The molecule has 0 aliphatic carbocycles. The number of aliphatic carboxylic acids is 1. The summed E-state index contributed by atoms with van der Waals surface area (Å²) in [6, 6.07) is 2.92. The first-order valence-electron chi connectivity index (χ1n) is 5.55. The van der Waals surface area contributed by atoms with Crippen LogP contribution in [0.5, 0.6) is 11.5 Å². The zero-order chi connectivity index (χ0) is 14.0. The van der Waals surface area contributed by atoms with Crippen LogP contribution in [0.4, 0.5) is 0 Å². The maximum absolute atomic E-state index is 12.0. The van der Waals surface area contributed by atoms with E-state index in [-0.39, 0.29) is 4.90 Å². The van der Waals surface area contributed by atoms with E-state index in [1.54, 1.807) is 0 Å². The summed E-state index contributed by atoms with van der Waals surface area (Å²) in [6.45, 7) is 2.00. The van der Waals surface area contributed by atoms with E-state index in [9.17, 15) is 13.2 Å². The van der Waals surface area contributed by atoms with E-state index in [0.29, 0.717) is 24.7 Å². The third-order valence-corrected chi connectivity index (χ3v) is 4.06. The first kappa shape index (κ1) is 13.6. The zero-order valence-corrected chi connectivity index (χ0v) is 10.9. The molecule has 0 saturated heterocycles. The molecule has 1 unspecified atom stereocenters. The Kier molecular flexibility index (Phi) is 3.63. The summed E-state index contributed by atoms with van der Waals surface area (Å²) in [5, 5.41) is 8.71. The van der Waals surface area contributed by atoms with Crippen molar-refractivity contribution >= 4 is 16.0 Å². The topological polar surface area (TPSA) is 102 Å². The van der Waals surface area contributed by atoms with Gasteiger partial charge in [-0.2, -0.15) is 4.72 Å². The zero-order valence-electron chi connectivity index (χ0n) is 10.1. The van der Waals surface area contributed by atoms with Gasteiger partial charge in [0, 0.05) is 6.07 Å². The smallest absolute Gasteiger partial charge is 0.321 e. The predicted molar refractivity (Wildman–Crippen MR) is 64.9 cm³/mol. The molecule has 0 saturated carbocycles. The van der Waals surface area contributed by atoms with Crippen LogP contribution in [0.1, 0.15) is 6.92 Å². The van der Waals surface area contributed by atoms with Gasteiger partial charge in [0.25, 0.3) is 0 Å². The Labute approximate surface area is 110 Å². The van der Waals surface area contributed by atoms with E-state index in [4.69, 9.17) is 14.6 Å². The maximum Gasteiger partial charge on any atom is 0.321 e. The Morgan fingerprint density at radius 1 is 1.32 bits per heavy atom. The van der Waals surface area contributed by atoms with Crippen molar-refractivity contribution in [2.75, 3.05) is 13.2 Å². The summed E-state index contributed by atoms with van der Waals surface area (Å²) in [4.78, 5) is 10.6. The average Bonchev–Trinajstić information content (AvgIpc) is 2.37. The fraction of sp³-hybridized carbons (Fsp3) is 0.364. The third kappa shape index (κ3) is 2.96. The number of fused-ring (bicyclic) bond motifs is 1. The number of sulfonamides is 1. The van der Waals surface area contributed by atoms with Crippen LogP contribution in [0.25, 0.3) is 0 Å². The number of ether oxygens (including phenoxy) is 2. The number of rotatable bonds is 4. The highest BCUT2D eigenvalue weighted by molar-refractivity contribution is 7.89. The minimum Gasteiger partial charge on any atom is -0.486 e. The Hall–Kier alpha value is -1.80. The van der Waals surface area contributed by atoms with E-state index in [1.807, 2.05) is 0 Å². The van der Waals surface area contributed by atoms with Gasteiger partial charge in [-0.25, -0.2) is 8.42 Å². The first-order chi connectivity index (χ1) is 8.90. The first-order valence-corrected chi connectivity index (χ1v) is 7.03. The number of carboxylic acids is 1. The molecule has 2 rings (SSSR count). The molecule has 0 amide bonds. The second kappa shape index (κ2) is 5.06. The summed E-state index contributed by atoms with van der Waals surface area (Å²) in [6.07, 6.45) is 0. The van der Waals surface area contributed by atoms with Crippen molar-refractivity contribution in [3.05, 3.63) is 18.2 Å². The Bertz CT molecular complexity index is 597. The molecule has 1 atom stereocenters. The largest absolute Gasteiger partial charge is 0.486 e. The number of hydrogen-bond donors (Lipinski definition) is 2. The van der Waals surface area contributed by atoms with Gasteiger partial charge in [0.2, 0.25) is 10.0 Å². The molecule has 19 heavy (non-hydrogen) atoms. The molecule has 104 valence electrons. The predicted octanol–water partition coefficient (Wildman–Crippen LogP) is 0.209. The lowest BCUT2D eigenvalue weighted by molar-refractivity contribution is -0.138. The molecular formula is C11H13NO6S. The number of nitrogens with one attached hydrogen (secondary N) is 1. The lowest BCUT2D eigenvalue weighted by atomic mass is 10.3. The van der Waals surface area contributed by atoms with E-state index in [1.165, 1.54) is 25.1 Å². The molecule has 1 aromatic carbocycles. The molecule has 0 aromatic heterocycles. The number of benzene rings is 1. The SMILES string of the molecule is CC(NS(=O)(=O)c1ccc2c(c1)OCCO2)C(=O)O. The number of carboxylic acid groups (broad SMARTS) is 1. The minimum atomic E-state index is -3.90. The molecule has 1 aliphatic rings. The second-order valence-corrected chi connectivity index (χ2v) is 5.70. The van der Waals surface area contributed by atoms with Gasteiger partial charge in [-0.05, 0) is 19.1 Å². The highest BCUT2D eigenvalue weighted by Gasteiger charge is 2.23. The number of carbonyl (C=O) groups is 1. The van der Waals surface area contributed by atoms with E-state index in [0.717, 1.165) is 0 Å². The Balaban J connectivity index is 2.28. The molecule has 0 fully saturated rings. The van der Waals surface area contributed by atoms with Gasteiger partial charge in [-0.3, -0.25) is 4.79 Å². The van der Waals surface area contributed by atoms with Crippen molar-refractivity contribution in [2.45, 2.75) is 17.9 Å². The Morgan fingerprint density at radius 2 is 1.95 bits per heavy atom. The summed E-state index contributed by atoms with van der Waals surface area (Å²) >= 11 is 0. The molecule has 0 spiro atoms. The van der Waals surface area contributed by atoms with Crippen LogP contribution in [-0.4, -0.2) is 38.7 Å². The van der Waals surface area contributed by atoms with Gasteiger partial charge < -0.3 is 14.6 Å². The van der Waals surface area contributed by atoms with E-state index in [2.05, 4.69) is 4.72 Å². The monoisotopic (exact) mass is 287 g/mol. The molecule has 0 bridgehead atoms. The molecule has 2 N–H and O–H groups in total. The standard InChI is InChI=1S/C11H13NO6S/c1-7(11(13)14)12-19(15,16)8-2-3-9-10(6-8)18-5-4-17-9/h2-3,6-7,12H,4-5H2,1H3,(H,13,14). The summed E-state index contributed by atoms with van der Waals surface area (Å²) in [5.41, 5.74) is 0. The molecule has 8 heteroatoms. The van der Waals surface area contributed by atoms with E-state index >= 15 is 0 Å². The van der Waals surface area contributed by atoms with E-state index < -0.39 is 22.0 Å². The highest BCUT2D eigenvalue weighted by atomic mass is 32.2. The van der Waals surface area contributed by atoms with Gasteiger partial charge >= 0.3 is 5.97 Å². The van der Waals surface area contributed by atoms with Gasteiger partial charge in [-0.1, -0.05) is 0 Å². The van der Waals surface area contributed by atoms with Crippen LogP contribution in [0.2, 0.25) is 0 Å². The van der Waals surface area contributed by atoms with Crippen LogP contribution in [0.15, 0.2) is 23.1 Å². The molecule has 1 aromatic rings. The van der Waals surface area contributed by atoms with Crippen LogP contribution in [0.3, 0.4) is 0 Å². The van der Waals surface area contributed by atoms with Crippen LogP contribution >= 0.6 is 0 Å². The lowest BCUT2D eigenvalue weighted by Gasteiger charge is -2.19. The fourth-order valence-electron chi connectivity index (χ4n) is 1.54. The van der Waals surface area contributed by atoms with Gasteiger partial charge in [-0.15, -0.1) is 0 Å². The average molecular weight is 287 g/mol. The minimum absolute atomic E-state index is 0.0650. The van der Waals surface area contributed by atoms with Crippen LogP contribution in [0, 0.1) is 0 Å². The van der Waals surface area contributed by atoms with Crippen LogP contribution < -0.4 is 14.2 Å². The van der Waals surface area contributed by atoms with Gasteiger partial charge in [0.15, 0.2) is 11.5 Å². The highest BCUT2D eigenvalue weighted by Crippen LogP contribution is 2.32. The van der Waals surface area contributed by atoms with Crippen molar-refractivity contribution in [2.24, 2.45) is 0 Å². The lowest BCUT2D eigenvalue weighted by Crippen LogP contribution is -2.38. The van der Waals surface area contributed by atoms with Crippen LogP contribution in [-0.2, 0) is 14.8 Å². The van der Waals surface area contributed by atoms with Crippen molar-refractivity contribution in [3.8, 4) is 11.5 Å². The second-order valence-electron chi connectivity index (χ2n) is 3.99. The summed E-state index contributed by atoms with van der Waals surface area (Å²) in [7, 11) is -3.90. The maximum atomic E-state index is 12.0. The Morgan fingerprint density at radius 3 is 2.58 bits per heavy atom. The molecule has 0 radical (unpaired) electrons.